The van der Waals surface area contributed by atoms with E-state index in [0.29, 0.717) is 13.1 Å². The third kappa shape index (κ3) is 5.11. The van der Waals surface area contributed by atoms with Gasteiger partial charge in [-0.25, -0.2) is 0 Å². The van der Waals surface area contributed by atoms with Crippen LogP contribution in [0.4, 0.5) is 11.4 Å². The molecule has 2 aliphatic heterocycles. The van der Waals surface area contributed by atoms with Crippen molar-refractivity contribution >= 4 is 17.3 Å². The van der Waals surface area contributed by atoms with E-state index < -0.39 is 0 Å². The zero-order chi connectivity index (χ0) is 16.6. The quantitative estimate of drug-likeness (QED) is 0.784. The van der Waals surface area contributed by atoms with Gasteiger partial charge < -0.3 is 20.3 Å². The van der Waals surface area contributed by atoms with E-state index in [9.17, 15) is 4.79 Å². The summed E-state index contributed by atoms with van der Waals surface area (Å²) >= 11 is 0. The van der Waals surface area contributed by atoms with Gasteiger partial charge >= 0.3 is 0 Å². The summed E-state index contributed by atoms with van der Waals surface area (Å²) in [7, 11) is 0. The van der Waals surface area contributed by atoms with Crippen molar-refractivity contribution in [3.8, 4) is 0 Å². The Kier molecular flexibility index (Phi) is 6.32. The molecule has 24 heavy (non-hydrogen) atoms. The van der Waals surface area contributed by atoms with E-state index in [-0.39, 0.29) is 5.91 Å². The van der Waals surface area contributed by atoms with Crippen LogP contribution in [0.3, 0.4) is 0 Å². The minimum absolute atomic E-state index is 0.0341. The third-order valence-electron chi connectivity index (χ3n) is 4.65. The number of ether oxygens (including phenoxy) is 1. The van der Waals surface area contributed by atoms with Crippen LogP contribution in [-0.2, 0) is 9.53 Å². The second-order valence-corrected chi connectivity index (χ2v) is 6.40. The van der Waals surface area contributed by atoms with Gasteiger partial charge in [0.2, 0.25) is 5.91 Å². The molecular formula is C18H28N4O2. The summed E-state index contributed by atoms with van der Waals surface area (Å²) in [6, 6.07) is 8.36. The van der Waals surface area contributed by atoms with Gasteiger partial charge in [0.15, 0.2) is 0 Å². The lowest BCUT2D eigenvalue weighted by atomic mass is 10.2. The predicted molar refractivity (Wildman–Crippen MR) is 96.6 cm³/mol. The van der Waals surface area contributed by atoms with E-state index in [4.69, 9.17) is 4.74 Å². The number of hydrogen-bond acceptors (Lipinski definition) is 5. The number of rotatable bonds is 7. The summed E-state index contributed by atoms with van der Waals surface area (Å²) in [5, 5.41) is 6.15. The molecule has 2 N–H and O–H groups in total. The van der Waals surface area contributed by atoms with Crippen molar-refractivity contribution in [2.24, 2.45) is 0 Å². The zero-order valence-electron chi connectivity index (χ0n) is 14.3. The molecule has 2 heterocycles. The SMILES string of the molecule is O=C(CNc1ccc(N2CCCC2)cc1)NCCN1CCOCC1. The van der Waals surface area contributed by atoms with E-state index in [2.05, 4.69) is 44.7 Å². The topological polar surface area (TPSA) is 56.8 Å². The molecule has 2 fully saturated rings. The molecule has 6 heteroatoms. The standard InChI is InChI=1S/C18H28N4O2/c23-18(19-7-10-21-11-13-24-14-12-21)15-20-16-3-5-17(6-4-16)22-8-1-2-9-22/h3-6,20H,1-2,7-15H2,(H,19,23). The highest BCUT2D eigenvalue weighted by Gasteiger charge is 2.12. The first-order valence-corrected chi connectivity index (χ1v) is 8.97. The highest BCUT2D eigenvalue weighted by molar-refractivity contribution is 5.80. The van der Waals surface area contributed by atoms with Crippen LogP contribution in [0.1, 0.15) is 12.8 Å². The maximum Gasteiger partial charge on any atom is 0.239 e. The molecule has 2 aliphatic rings. The average molecular weight is 332 g/mol. The van der Waals surface area contributed by atoms with Crippen molar-refractivity contribution in [1.82, 2.24) is 10.2 Å². The lowest BCUT2D eigenvalue weighted by Gasteiger charge is -2.26. The predicted octanol–water partition coefficient (Wildman–Crippen LogP) is 1.15. The Morgan fingerprint density at radius 3 is 2.46 bits per heavy atom. The molecule has 0 spiro atoms. The molecule has 2 saturated heterocycles. The lowest BCUT2D eigenvalue weighted by Crippen LogP contribution is -2.42. The molecule has 3 rings (SSSR count). The van der Waals surface area contributed by atoms with Crippen molar-refractivity contribution < 1.29 is 9.53 Å². The fraction of sp³-hybridized carbons (Fsp3) is 0.611. The normalized spacial score (nSPS) is 18.6. The van der Waals surface area contributed by atoms with Crippen LogP contribution in [0.5, 0.6) is 0 Å². The van der Waals surface area contributed by atoms with Crippen LogP contribution < -0.4 is 15.5 Å². The lowest BCUT2D eigenvalue weighted by molar-refractivity contribution is -0.119. The Balaban J connectivity index is 1.33. The Morgan fingerprint density at radius 2 is 1.75 bits per heavy atom. The second kappa shape index (κ2) is 8.89. The molecule has 132 valence electrons. The van der Waals surface area contributed by atoms with Crippen molar-refractivity contribution in [3.05, 3.63) is 24.3 Å². The van der Waals surface area contributed by atoms with Crippen molar-refractivity contribution in [2.75, 3.05) is 69.2 Å². The number of amides is 1. The van der Waals surface area contributed by atoms with E-state index in [1.807, 2.05) is 0 Å². The molecule has 0 saturated carbocycles. The van der Waals surface area contributed by atoms with Crippen molar-refractivity contribution in [3.63, 3.8) is 0 Å². The van der Waals surface area contributed by atoms with E-state index >= 15 is 0 Å². The van der Waals surface area contributed by atoms with Crippen LogP contribution in [0, 0.1) is 0 Å². The van der Waals surface area contributed by atoms with Gasteiger partial charge in [-0.2, -0.15) is 0 Å². The first kappa shape index (κ1) is 17.0. The third-order valence-corrected chi connectivity index (χ3v) is 4.65. The summed E-state index contributed by atoms with van der Waals surface area (Å²) in [6.45, 7) is 7.69. The molecule has 0 radical (unpaired) electrons. The summed E-state index contributed by atoms with van der Waals surface area (Å²) < 4.78 is 5.31. The van der Waals surface area contributed by atoms with Crippen LogP contribution >= 0.6 is 0 Å². The van der Waals surface area contributed by atoms with Gasteiger partial charge in [-0.1, -0.05) is 0 Å². The Hall–Kier alpha value is -1.79. The van der Waals surface area contributed by atoms with Gasteiger partial charge in [-0.15, -0.1) is 0 Å². The molecule has 1 aromatic carbocycles. The maximum atomic E-state index is 11.9. The fourth-order valence-corrected chi connectivity index (χ4v) is 3.19. The van der Waals surface area contributed by atoms with Gasteiger partial charge in [0, 0.05) is 50.6 Å². The fourth-order valence-electron chi connectivity index (χ4n) is 3.19. The number of nitrogens with one attached hydrogen (secondary N) is 2. The monoisotopic (exact) mass is 332 g/mol. The molecule has 0 aromatic heterocycles. The number of benzene rings is 1. The number of nitrogens with zero attached hydrogens (tertiary/aromatic N) is 2. The molecule has 1 amide bonds. The molecule has 1 aromatic rings. The first-order chi connectivity index (χ1) is 11.8. The second-order valence-electron chi connectivity index (χ2n) is 6.40. The summed E-state index contributed by atoms with van der Waals surface area (Å²) in [5.74, 6) is 0.0341. The van der Waals surface area contributed by atoms with Crippen molar-refractivity contribution in [2.45, 2.75) is 12.8 Å². The summed E-state index contributed by atoms with van der Waals surface area (Å²) in [4.78, 5) is 16.6. The number of morpholine rings is 1. The summed E-state index contributed by atoms with van der Waals surface area (Å²) in [5.41, 5.74) is 2.26. The van der Waals surface area contributed by atoms with Gasteiger partial charge in [0.05, 0.1) is 19.8 Å². The van der Waals surface area contributed by atoms with E-state index in [0.717, 1.165) is 51.6 Å². The van der Waals surface area contributed by atoms with Crippen molar-refractivity contribution in [1.29, 1.82) is 0 Å². The van der Waals surface area contributed by atoms with E-state index in [1.165, 1.54) is 18.5 Å². The minimum Gasteiger partial charge on any atom is -0.379 e. The molecule has 6 nitrogen and oxygen atoms in total. The molecule has 0 unspecified atom stereocenters. The number of hydrogen-bond donors (Lipinski definition) is 2. The largest absolute Gasteiger partial charge is 0.379 e. The number of carbonyl (C=O) groups excluding carboxylic acids is 1. The van der Waals surface area contributed by atoms with Crippen LogP contribution in [-0.4, -0.2) is 69.8 Å². The van der Waals surface area contributed by atoms with Crippen LogP contribution in [0.15, 0.2) is 24.3 Å². The molecule has 0 aliphatic carbocycles. The molecular weight excluding hydrogens is 304 g/mol. The first-order valence-electron chi connectivity index (χ1n) is 8.97. The summed E-state index contributed by atoms with van der Waals surface area (Å²) in [6.07, 6.45) is 2.56. The van der Waals surface area contributed by atoms with Gasteiger partial charge in [-0.05, 0) is 37.1 Å². The van der Waals surface area contributed by atoms with Gasteiger partial charge in [-0.3, -0.25) is 9.69 Å². The Bertz CT molecular complexity index is 508. The van der Waals surface area contributed by atoms with Crippen LogP contribution in [0.25, 0.3) is 0 Å². The maximum absolute atomic E-state index is 11.9. The number of carbonyl (C=O) groups is 1. The average Bonchev–Trinajstić information content (AvgIpc) is 3.16. The molecule has 0 bridgehead atoms. The zero-order valence-corrected chi connectivity index (χ0v) is 14.3. The van der Waals surface area contributed by atoms with E-state index in [1.54, 1.807) is 0 Å². The molecule has 0 atom stereocenters. The van der Waals surface area contributed by atoms with Gasteiger partial charge in [0.1, 0.15) is 0 Å². The smallest absolute Gasteiger partial charge is 0.239 e. The minimum atomic E-state index is 0.0341. The Morgan fingerprint density at radius 1 is 1.04 bits per heavy atom. The van der Waals surface area contributed by atoms with Crippen LogP contribution in [0.2, 0.25) is 0 Å². The Labute approximate surface area is 144 Å². The highest BCUT2D eigenvalue weighted by atomic mass is 16.5. The van der Waals surface area contributed by atoms with Gasteiger partial charge in [0.25, 0.3) is 0 Å². The highest BCUT2D eigenvalue weighted by Crippen LogP contribution is 2.21. The number of anilines is 2.